The number of benzene rings is 1. The molecule has 4 nitrogen and oxygen atoms in total. The Kier molecular flexibility index (Phi) is 4.25. The average molecular weight is 290 g/mol. The van der Waals surface area contributed by atoms with Crippen molar-refractivity contribution in [3.63, 3.8) is 0 Å². The molecule has 1 aromatic heterocycles. The summed E-state index contributed by atoms with van der Waals surface area (Å²) in [6, 6.07) is 8.75. The van der Waals surface area contributed by atoms with Gasteiger partial charge in [-0.1, -0.05) is 24.6 Å². The van der Waals surface area contributed by atoms with Crippen molar-refractivity contribution in [1.82, 2.24) is 4.98 Å². The summed E-state index contributed by atoms with van der Waals surface area (Å²) in [4.78, 5) is 16.4. The number of amides is 1. The van der Waals surface area contributed by atoms with Crippen LogP contribution in [0.5, 0.6) is 0 Å². The number of nitrogens with one attached hydrogen (secondary N) is 1. The molecule has 1 aromatic carbocycles. The molecule has 1 heterocycles. The SMILES string of the molecule is CCc1cc(C(=O)Nc2ccc(C)cc2Cl)cc(N)n1. The van der Waals surface area contributed by atoms with Gasteiger partial charge in [-0.25, -0.2) is 4.98 Å². The number of nitrogens with zero attached hydrogens (tertiary/aromatic N) is 1. The van der Waals surface area contributed by atoms with Crippen molar-refractivity contribution in [3.8, 4) is 0 Å². The van der Waals surface area contributed by atoms with Gasteiger partial charge < -0.3 is 11.1 Å². The lowest BCUT2D eigenvalue weighted by atomic mass is 10.1. The van der Waals surface area contributed by atoms with Crippen LogP contribution < -0.4 is 11.1 Å². The maximum Gasteiger partial charge on any atom is 0.255 e. The highest BCUT2D eigenvalue weighted by atomic mass is 35.5. The van der Waals surface area contributed by atoms with Crippen LogP contribution in [-0.4, -0.2) is 10.9 Å². The molecule has 2 rings (SSSR count). The molecule has 5 heteroatoms. The quantitative estimate of drug-likeness (QED) is 0.909. The standard InChI is InChI=1S/C15H16ClN3O/c1-3-11-7-10(8-14(17)18-11)15(20)19-13-5-4-9(2)6-12(13)16/h4-8H,3H2,1-2H3,(H2,17,18)(H,19,20). The number of halogens is 1. The highest BCUT2D eigenvalue weighted by Gasteiger charge is 2.10. The molecule has 0 spiro atoms. The molecule has 0 fully saturated rings. The number of hydrogen-bond donors (Lipinski definition) is 2. The molecule has 0 aliphatic heterocycles. The molecule has 0 atom stereocenters. The fraction of sp³-hybridized carbons (Fsp3) is 0.200. The van der Waals surface area contributed by atoms with Gasteiger partial charge in [0.25, 0.3) is 5.91 Å². The maximum atomic E-state index is 12.2. The first-order valence-electron chi connectivity index (χ1n) is 6.33. The van der Waals surface area contributed by atoms with Crippen LogP contribution in [0.3, 0.4) is 0 Å². The van der Waals surface area contributed by atoms with E-state index in [0.717, 1.165) is 17.7 Å². The van der Waals surface area contributed by atoms with Gasteiger partial charge in [0.05, 0.1) is 10.7 Å². The highest BCUT2D eigenvalue weighted by Crippen LogP contribution is 2.23. The average Bonchev–Trinajstić information content (AvgIpc) is 2.41. The molecular weight excluding hydrogens is 274 g/mol. The zero-order chi connectivity index (χ0) is 14.7. The third-order valence-electron chi connectivity index (χ3n) is 2.90. The van der Waals surface area contributed by atoms with Crippen molar-refractivity contribution in [2.45, 2.75) is 20.3 Å². The van der Waals surface area contributed by atoms with Crippen LogP contribution in [0.2, 0.25) is 5.02 Å². The van der Waals surface area contributed by atoms with Crippen LogP contribution in [0.25, 0.3) is 0 Å². The van der Waals surface area contributed by atoms with Gasteiger partial charge in [0.15, 0.2) is 0 Å². The zero-order valence-corrected chi connectivity index (χ0v) is 12.2. The number of rotatable bonds is 3. The summed E-state index contributed by atoms with van der Waals surface area (Å²) in [6.45, 7) is 3.90. The Hall–Kier alpha value is -2.07. The van der Waals surface area contributed by atoms with Gasteiger partial charge in [-0.2, -0.15) is 0 Å². The minimum Gasteiger partial charge on any atom is -0.384 e. The Morgan fingerprint density at radius 2 is 2.10 bits per heavy atom. The lowest BCUT2D eigenvalue weighted by Gasteiger charge is -2.09. The number of hydrogen-bond acceptors (Lipinski definition) is 3. The third-order valence-corrected chi connectivity index (χ3v) is 3.21. The molecule has 0 bridgehead atoms. The first kappa shape index (κ1) is 14.3. The second-order valence-corrected chi connectivity index (χ2v) is 4.97. The van der Waals surface area contributed by atoms with Gasteiger partial charge in [0, 0.05) is 11.3 Å². The molecule has 0 saturated carbocycles. The molecule has 104 valence electrons. The van der Waals surface area contributed by atoms with Crippen LogP contribution in [-0.2, 0) is 6.42 Å². The Balaban J connectivity index is 2.26. The van der Waals surface area contributed by atoms with Crippen molar-refractivity contribution < 1.29 is 4.79 Å². The van der Waals surface area contributed by atoms with Gasteiger partial charge in [-0.15, -0.1) is 0 Å². The minimum atomic E-state index is -0.250. The van der Waals surface area contributed by atoms with Crippen molar-refractivity contribution in [3.05, 3.63) is 52.2 Å². The van der Waals surface area contributed by atoms with E-state index < -0.39 is 0 Å². The molecular formula is C15H16ClN3O. The monoisotopic (exact) mass is 289 g/mol. The lowest BCUT2D eigenvalue weighted by molar-refractivity contribution is 0.102. The maximum absolute atomic E-state index is 12.2. The number of nitrogen functional groups attached to an aromatic ring is 1. The number of aryl methyl sites for hydroxylation is 2. The van der Waals surface area contributed by atoms with E-state index in [1.807, 2.05) is 19.9 Å². The topological polar surface area (TPSA) is 68.0 Å². The lowest BCUT2D eigenvalue weighted by Crippen LogP contribution is -2.13. The second-order valence-electron chi connectivity index (χ2n) is 4.56. The molecule has 0 aliphatic carbocycles. The fourth-order valence-electron chi connectivity index (χ4n) is 1.84. The van der Waals surface area contributed by atoms with Crippen molar-refractivity contribution in [2.24, 2.45) is 0 Å². The molecule has 2 aromatic rings. The first-order chi connectivity index (χ1) is 9.49. The highest BCUT2D eigenvalue weighted by molar-refractivity contribution is 6.34. The number of aromatic nitrogens is 1. The van der Waals surface area contributed by atoms with Crippen LogP contribution >= 0.6 is 11.6 Å². The van der Waals surface area contributed by atoms with E-state index in [0.29, 0.717) is 22.1 Å². The third kappa shape index (κ3) is 3.27. The molecule has 1 amide bonds. The summed E-state index contributed by atoms with van der Waals surface area (Å²) in [5, 5.41) is 3.29. The predicted molar refractivity (Wildman–Crippen MR) is 82.2 cm³/mol. The summed E-state index contributed by atoms with van der Waals surface area (Å²) in [5.74, 6) is 0.0871. The number of anilines is 2. The minimum absolute atomic E-state index is 0.250. The largest absolute Gasteiger partial charge is 0.384 e. The van der Waals surface area contributed by atoms with E-state index in [2.05, 4.69) is 10.3 Å². The summed E-state index contributed by atoms with van der Waals surface area (Å²) in [5.41, 5.74) is 8.57. The van der Waals surface area contributed by atoms with Gasteiger partial charge in [-0.05, 0) is 43.2 Å². The molecule has 0 aliphatic rings. The van der Waals surface area contributed by atoms with Crippen molar-refractivity contribution >= 4 is 29.0 Å². The number of carbonyl (C=O) groups is 1. The van der Waals surface area contributed by atoms with Crippen LogP contribution in [0, 0.1) is 6.92 Å². The molecule has 20 heavy (non-hydrogen) atoms. The van der Waals surface area contributed by atoms with E-state index in [9.17, 15) is 4.79 Å². The molecule has 3 N–H and O–H groups in total. The number of nitrogens with two attached hydrogens (primary N) is 1. The van der Waals surface area contributed by atoms with E-state index in [-0.39, 0.29) is 5.91 Å². The van der Waals surface area contributed by atoms with Gasteiger partial charge in [0.1, 0.15) is 5.82 Å². The zero-order valence-electron chi connectivity index (χ0n) is 11.4. The van der Waals surface area contributed by atoms with E-state index in [4.69, 9.17) is 17.3 Å². The molecule has 0 unspecified atom stereocenters. The molecule has 0 saturated heterocycles. The van der Waals surface area contributed by atoms with Gasteiger partial charge >= 0.3 is 0 Å². The number of pyridine rings is 1. The van der Waals surface area contributed by atoms with Gasteiger partial charge in [0.2, 0.25) is 0 Å². The fourth-order valence-corrected chi connectivity index (χ4v) is 2.12. The van der Waals surface area contributed by atoms with E-state index >= 15 is 0 Å². The van der Waals surface area contributed by atoms with Crippen molar-refractivity contribution in [1.29, 1.82) is 0 Å². The summed E-state index contributed by atoms with van der Waals surface area (Å²) >= 11 is 6.10. The van der Waals surface area contributed by atoms with Crippen LogP contribution in [0.4, 0.5) is 11.5 Å². The Morgan fingerprint density at radius 1 is 1.35 bits per heavy atom. The summed E-state index contributed by atoms with van der Waals surface area (Å²) < 4.78 is 0. The van der Waals surface area contributed by atoms with Crippen LogP contribution in [0.15, 0.2) is 30.3 Å². The van der Waals surface area contributed by atoms with Crippen LogP contribution in [0.1, 0.15) is 28.5 Å². The van der Waals surface area contributed by atoms with E-state index in [1.165, 1.54) is 0 Å². The molecule has 0 radical (unpaired) electrons. The Labute approximate surface area is 123 Å². The van der Waals surface area contributed by atoms with E-state index in [1.54, 1.807) is 24.3 Å². The Bertz CT molecular complexity index is 656. The Morgan fingerprint density at radius 3 is 2.75 bits per heavy atom. The normalized spacial score (nSPS) is 10.3. The summed E-state index contributed by atoms with van der Waals surface area (Å²) in [7, 11) is 0. The number of carbonyl (C=O) groups excluding carboxylic acids is 1. The second kappa shape index (κ2) is 5.92. The summed E-state index contributed by atoms with van der Waals surface area (Å²) in [6.07, 6.45) is 0.719. The first-order valence-corrected chi connectivity index (χ1v) is 6.71. The van der Waals surface area contributed by atoms with Gasteiger partial charge in [-0.3, -0.25) is 4.79 Å². The predicted octanol–water partition coefficient (Wildman–Crippen LogP) is 3.44. The smallest absolute Gasteiger partial charge is 0.255 e. The van der Waals surface area contributed by atoms with Crippen molar-refractivity contribution in [2.75, 3.05) is 11.1 Å².